The van der Waals surface area contributed by atoms with Gasteiger partial charge in [-0.15, -0.1) is 0 Å². The summed E-state index contributed by atoms with van der Waals surface area (Å²) >= 11 is 0. The predicted octanol–water partition coefficient (Wildman–Crippen LogP) is -2.14. The molecule has 0 unspecified atom stereocenters. The molecule has 0 aromatic rings. The van der Waals surface area contributed by atoms with Crippen LogP contribution in [0.4, 0.5) is 0 Å². The Hall–Kier alpha value is -0.660. The Bertz CT molecular complexity index is 195. The van der Waals surface area contributed by atoms with Crippen LogP contribution in [-0.2, 0) is 15.0 Å². The molecule has 0 amide bonds. The Balaban J connectivity index is 3.67. The zero-order chi connectivity index (χ0) is 7.49. The number of hydrogen-bond donors (Lipinski definition) is 3. The number of hydrogen-bond acceptors (Lipinski definition) is 3. The smallest absolute Gasteiger partial charge is 0.318 e. The van der Waals surface area contributed by atoms with Crippen molar-refractivity contribution in [3.05, 3.63) is 0 Å². The molecule has 54 valence electrons. The maximum atomic E-state index is 9.94. The zero-order valence-corrected chi connectivity index (χ0v) is 5.18. The van der Waals surface area contributed by atoms with Crippen molar-refractivity contribution >= 4 is 16.2 Å². The fourth-order valence-corrected chi connectivity index (χ4v) is 0.487. The van der Waals surface area contributed by atoms with E-state index in [1.807, 2.05) is 0 Å². The minimum atomic E-state index is -3.85. The number of nitrogens with one attached hydrogen (secondary N) is 1. The highest BCUT2D eigenvalue weighted by Gasteiger charge is 2.02. The monoisotopic (exact) mass is 154 g/mol. The van der Waals surface area contributed by atoms with Crippen LogP contribution in [0.3, 0.4) is 0 Å². The van der Waals surface area contributed by atoms with Crippen molar-refractivity contribution in [3.8, 4) is 0 Å². The maximum absolute atomic E-state index is 9.94. The lowest BCUT2D eigenvalue weighted by Gasteiger charge is -1.93. The summed E-state index contributed by atoms with van der Waals surface area (Å²) in [5.41, 5.74) is 0. The van der Waals surface area contributed by atoms with Crippen LogP contribution in [0.25, 0.3) is 0 Å². The average molecular weight is 154 g/mol. The molecule has 0 fully saturated rings. The fraction of sp³-hybridized carbons (Fsp3) is 0.500. The standard InChI is InChI=1S/C2H6N2O4S/c3-9(7,8)4-1-2(5)6/h4H,1H2,(H,5,6)(H2,3,7,8). The van der Waals surface area contributed by atoms with E-state index >= 15 is 0 Å². The molecule has 0 atom stereocenters. The van der Waals surface area contributed by atoms with Gasteiger partial charge in [0.2, 0.25) is 0 Å². The van der Waals surface area contributed by atoms with E-state index in [0.717, 1.165) is 0 Å². The molecule has 4 N–H and O–H groups in total. The van der Waals surface area contributed by atoms with Gasteiger partial charge in [-0.3, -0.25) is 4.79 Å². The third-order valence-corrected chi connectivity index (χ3v) is 0.971. The fourth-order valence-electron chi connectivity index (χ4n) is 0.162. The van der Waals surface area contributed by atoms with E-state index in [0.29, 0.717) is 0 Å². The summed E-state index contributed by atoms with van der Waals surface area (Å²) in [5, 5.41) is 12.3. The summed E-state index contributed by atoms with van der Waals surface area (Å²) in [6, 6.07) is 0. The van der Waals surface area contributed by atoms with Crippen LogP contribution in [-0.4, -0.2) is 26.0 Å². The summed E-state index contributed by atoms with van der Waals surface area (Å²) in [6.07, 6.45) is 0. The molecule has 0 aliphatic rings. The van der Waals surface area contributed by atoms with Crippen LogP contribution in [0, 0.1) is 0 Å². The molecular formula is C2H6N2O4S. The van der Waals surface area contributed by atoms with Crippen LogP contribution < -0.4 is 9.86 Å². The van der Waals surface area contributed by atoms with Gasteiger partial charge >= 0.3 is 5.97 Å². The second-order valence-corrected chi connectivity index (χ2v) is 2.64. The maximum Gasteiger partial charge on any atom is 0.318 e. The first kappa shape index (κ1) is 8.34. The summed E-state index contributed by atoms with van der Waals surface area (Å²) in [6.45, 7) is -0.682. The van der Waals surface area contributed by atoms with Crippen molar-refractivity contribution in [3.63, 3.8) is 0 Å². The highest BCUT2D eigenvalue weighted by molar-refractivity contribution is 7.87. The van der Waals surface area contributed by atoms with Gasteiger partial charge in [-0.25, -0.2) is 5.14 Å². The Kier molecular flexibility index (Phi) is 2.56. The summed E-state index contributed by atoms with van der Waals surface area (Å²) in [4.78, 5) is 9.66. The molecule has 7 heteroatoms. The van der Waals surface area contributed by atoms with E-state index in [4.69, 9.17) is 5.11 Å². The number of carbonyl (C=O) groups is 1. The lowest BCUT2D eigenvalue weighted by atomic mass is 10.7. The van der Waals surface area contributed by atoms with E-state index < -0.39 is 22.7 Å². The van der Waals surface area contributed by atoms with E-state index in [9.17, 15) is 13.2 Å². The van der Waals surface area contributed by atoms with E-state index in [1.54, 1.807) is 4.72 Å². The Morgan fingerprint density at radius 1 is 1.67 bits per heavy atom. The summed E-state index contributed by atoms with van der Waals surface area (Å²) in [7, 11) is -3.85. The highest BCUT2D eigenvalue weighted by Crippen LogP contribution is 1.65. The van der Waals surface area contributed by atoms with Crippen molar-refractivity contribution in [2.24, 2.45) is 5.14 Å². The van der Waals surface area contributed by atoms with Gasteiger partial charge in [0, 0.05) is 0 Å². The lowest BCUT2D eigenvalue weighted by molar-refractivity contribution is -0.135. The molecule has 0 bridgehead atoms. The first-order valence-corrected chi connectivity index (χ1v) is 3.45. The molecule has 0 heterocycles. The van der Waals surface area contributed by atoms with Crippen molar-refractivity contribution in [1.29, 1.82) is 0 Å². The van der Waals surface area contributed by atoms with Crippen LogP contribution in [0.5, 0.6) is 0 Å². The highest BCUT2D eigenvalue weighted by atomic mass is 32.2. The topological polar surface area (TPSA) is 109 Å². The van der Waals surface area contributed by atoms with Crippen molar-refractivity contribution in [2.45, 2.75) is 0 Å². The second-order valence-electron chi connectivity index (χ2n) is 1.26. The minimum Gasteiger partial charge on any atom is -0.480 e. The SMILES string of the molecule is NS(=O)(=O)NCC(=O)O. The van der Waals surface area contributed by atoms with E-state index in [-0.39, 0.29) is 0 Å². The Morgan fingerprint density at radius 2 is 2.11 bits per heavy atom. The molecule has 0 rings (SSSR count). The summed E-state index contributed by atoms with van der Waals surface area (Å²) < 4.78 is 21.4. The van der Waals surface area contributed by atoms with Gasteiger partial charge in [0.15, 0.2) is 0 Å². The van der Waals surface area contributed by atoms with Crippen LogP contribution in [0.2, 0.25) is 0 Å². The number of carboxylic acid groups (broad SMARTS) is 1. The largest absolute Gasteiger partial charge is 0.480 e. The average Bonchev–Trinajstić information content (AvgIpc) is 1.59. The summed E-state index contributed by atoms with van der Waals surface area (Å²) in [5.74, 6) is -1.27. The minimum absolute atomic E-state index is 0.682. The van der Waals surface area contributed by atoms with Gasteiger partial charge in [-0.2, -0.15) is 13.1 Å². The number of aliphatic carboxylic acids is 1. The van der Waals surface area contributed by atoms with Gasteiger partial charge in [-0.1, -0.05) is 0 Å². The molecule has 0 saturated carbocycles. The van der Waals surface area contributed by atoms with Crippen LogP contribution >= 0.6 is 0 Å². The Labute approximate surface area is 51.8 Å². The molecule has 0 spiro atoms. The molecule has 0 aromatic heterocycles. The van der Waals surface area contributed by atoms with E-state index in [2.05, 4.69) is 5.14 Å². The predicted molar refractivity (Wildman–Crippen MR) is 28.7 cm³/mol. The molecule has 9 heavy (non-hydrogen) atoms. The van der Waals surface area contributed by atoms with Crippen LogP contribution in [0.1, 0.15) is 0 Å². The third-order valence-electron chi connectivity index (χ3n) is 0.425. The molecule has 0 aromatic carbocycles. The number of carboxylic acids is 1. The van der Waals surface area contributed by atoms with E-state index in [1.165, 1.54) is 0 Å². The van der Waals surface area contributed by atoms with Gasteiger partial charge in [0.1, 0.15) is 6.54 Å². The van der Waals surface area contributed by atoms with Crippen molar-refractivity contribution in [2.75, 3.05) is 6.54 Å². The van der Waals surface area contributed by atoms with Crippen LogP contribution in [0.15, 0.2) is 0 Å². The normalized spacial score (nSPS) is 11.2. The first-order valence-electron chi connectivity index (χ1n) is 1.91. The third kappa shape index (κ3) is 7.34. The quantitative estimate of drug-likeness (QED) is 0.431. The second kappa shape index (κ2) is 2.76. The molecular weight excluding hydrogens is 148 g/mol. The van der Waals surface area contributed by atoms with Gasteiger partial charge in [0.05, 0.1) is 0 Å². The van der Waals surface area contributed by atoms with Gasteiger partial charge < -0.3 is 5.11 Å². The molecule has 0 saturated heterocycles. The molecule has 6 nitrogen and oxygen atoms in total. The first-order chi connectivity index (χ1) is 3.92. The van der Waals surface area contributed by atoms with Gasteiger partial charge in [0.25, 0.3) is 10.2 Å². The zero-order valence-electron chi connectivity index (χ0n) is 4.36. The molecule has 0 radical (unpaired) electrons. The Morgan fingerprint density at radius 3 is 2.22 bits per heavy atom. The van der Waals surface area contributed by atoms with Gasteiger partial charge in [-0.05, 0) is 0 Å². The van der Waals surface area contributed by atoms with Crippen molar-refractivity contribution < 1.29 is 18.3 Å². The molecule has 0 aliphatic carbocycles. The number of nitrogens with two attached hydrogens (primary N) is 1. The molecule has 0 aliphatic heterocycles. The number of rotatable bonds is 3. The van der Waals surface area contributed by atoms with Crippen molar-refractivity contribution in [1.82, 2.24) is 4.72 Å². The lowest BCUT2D eigenvalue weighted by Crippen LogP contribution is -2.34.